The Morgan fingerprint density at radius 3 is 2.58 bits per heavy atom. The van der Waals surface area contributed by atoms with Gasteiger partial charge in [0.15, 0.2) is 0 Å². The molecule has 1 amide bonds. The van der Waals surface area contributed by atoms with Crippen LogP contribution in [0.5, 0.6) is 0 Å². The molecule has 1 N–H and O–H groups in total. The molecule has 3 aromatic rings. The van der Waals surface area contributed by atoms with Crippen LogP contribution in [0.1, 0.15) is 18.2 Å². The number of carbonyl (C=O) groups is 1. The molecule has 31 heavy (non-hydrogen) atoms. The number of rotatable bonds is 5. The van der Waals surface area contributed by atoms with Crippen molar-refractivity contribution in [2.45, 2.75) is 31.7 Å². The molecule has 1 atom stereocenters. The summed E-state index contributed by atoms with van der Waals surface area (Å²) in [7, 11) is -3.70. The number of fused-ring (bicyclic) bond motifs is 1. The predicted octanol–water partition coefficient (Wildman–Crippen LogP) is 2.17. The second-order valence-corrected chi connectivity index (χ2v) is 9.68. The van der Waals surface area contributed by atoms with Crippen LogP contribution >= 0.6 is 0 Å². The van der Waals surface area contributed by atoms with Gasteiger partial charge in [-0.1, -0.05) is 17.3 Å². The number of aryl methyl sites for hydroxylation is 2. The smallest absolute Gasteiger partial charge is 0.245 e. The summed E-state index contributed by atoms with van der Waals surface area (Å²) in [5, 5.41) is 7.25. The number of piperazine rings is 1. The van der Waals surface area contributed by atoms with Crippen molar-refractivity contribution in [2.75, 3.05) is 31.5 Å². The third-order valence-corrected chi connectivity index (χ3v) is 7.43. The lowest BCUT2D eigenvalue weighted by atomic mass is 10.2. The Morgan fingerprint density at radius 2 is 1.90 bits per heavy atom. The van der Waals surface area contributed by atoms with Gasteiger partial charge < -0.3 is 4.52 Å². The van der Waals surface area contributed by atoms with Gasteiger partial charge in [-0.05, 0) is 38.5 Å². The van der Waals surface area contributed by atoms with Crippen molar-refractivity contribution in [1.29, 1.82) is 0 Å². The highest BCUT2D eigenvalue weighted by Gasteiger charge is 2.33. The Balaban J connectivity index is 1.45. The molecule has 1 aromatic carbocycles. The summed E-state index contributed by atoms with van der Waals surface area (Å²) >= 11 is 0. The molecule has 164 valence electrons. The Hall–Kier alpha value is -2.82. The van der Waals surface area contributed by atoms with Crippen LogP contribution in [-0.4, -0.2) is 65.9 Å². The fourth-order valence-electron chi connectivity index (χ4n) is 3.74. The van der Waals surface area contributed by atoms with Gasteiger partial charge in [0.25, 0.3) is 0 Å². The Labute approximate surface area is 181 Å². The number of benzene rings is 1. The largest absolute Gasteiger partial charge is 0.338 e. The number of nitrogens with zero attached hydrogens (tertiary/aromatic N) is 4. The summed E-state index contributed by atoms with van der Waals surface area (Å²) in [6.07, 6.45) is 1.68. The highest BCUT2D eigenvalue weighted by molar-refractivity contribution is 7.89. The maximum Gasteiger partial charge on any atom is 0.245 e. The number of anilines is 1. The highest BCUT2D eigenvalue weighted by atomic mass is 32.2. The maximum atomic E-state index is 13.3. The molecule has 0 radical (unpaired) electrons. The first-order valence-electron chi connectivity index (χ1n) is 10.1. The molecule has 10 heteroatoms. The Morgan fingerprint density at radius 1 is 1.16 bits per heavy atom. The number of sulfonamides is 1. The summed E-state index contributed by atoms with van der Waals surface area (Å²) < 4.78 is 33.1. The molecule has 9 nitrogen and oxygen atoms in total. The third-order valence-electron chi connectivity index (χ3n) is 5.50. The minimum Gasteiger partial charge on any atom is -0.338 e. The normalized spacial score (nSPS) is 17.0. The van der Waals surface area contributed by atoms with Crippen LogP contribution in [0.2, 0.25) is 0 Å². The summed E-state index contributed by atoms with van der Waals surface area (Å²) in [5.74, 6) is 0.0790. The molecule has 4 rings (SSSR count). The number of carbonyl (C=O) groups excluding carboxylic acids is 1. The van der Waals surface area contributed by atoms with Crippen molar-refractivity contribution in [3.8, 4) is 0 Å². The van der Waals surface area contributed by atoms with E-state index in [1.807, 2.05) is 24.0 Å². The average molecular weight is 444 g/mol. The van der Waals surface area contributed by atoms with Gasteiger partial charge in [-0.3, -0.25) is 20.0 Å². The van der Waals surface area contributed by atoms with E-state index in [0.717, 1.165) is 10.9 Å². The Bertz CT molecular complexity index is 1220. The van der Waals surface area contributed by atoms with Crippen molar-refractivity contribution in [3.63, 3.8) is 0 Å². The summed E-state index contributed by atoms with van der Waals surface area (Å²) in [5.41, 5.74) is 2.13. The van der Waals surface area contributed by atoms with Crippen molar-refractivity contribution < 1.29 is 17.7 Å². The molecule has 0 spiro atoms. The van der Waals surface area contributed by atoms with E-state index in [-0.39, 0.29) is 10.8 Å². The lowest BCUT2D eigenvalue weighted by Gasteiger charge is -2.36. The van der Waals surface area contributed by atoms with Gasteiger partial charge in [-0.25, -0.2) is 8.42 Å². The molecular weight excluding hydrogens is 418 g/mol. The molecule has 0 saturated carbocycles. The predicted molar refractivity (Wildman–Crippen MR) is 116 cm³/mol. The fourth-order valence-corrected chi connectivity index (χ4v) is 5.32. The van der Waals surface area contributed by atoms with E-state index in [4.69, 9.17) is 4.52 Å². The van der Waals surface area contributed by atoms with E-state index >= 15 is 0 Å². The van der Waals surface area contributed by atoms with Crippen LogP contribution in [0.4, 0.5) is 5.88 Å². The average Bonchev–Trinajstić information content (AvgIpc) is 3.17. The lowest BCUT2D eigenvalue weighted by Crippen LogP contribution is -2.53. The highest BCUT2D eigenvalue weighted by Crippen LogP contribution is 2.26. The first-order chi connectivity index (χ1) is 14.8. The second kappa shape index (κ2) is 8.37. The monoisotopic (exact) mass is 443 g/mol. The van der Waals surface area contributed by atoms with Crippen molar-refractivity contribution >= 4 is 32.7 Å². The third kappa shape index (κ3) is 4.32. The number of hydrogen-bond acceptors (Lipinski definition) is 7. The van der Waals surface area contributed by atoms with Gasteiger partial charge in [0, 0.05) is 43.8 Å². The number of amides is 1. The van der Waals surface area contributed by atoms with E-state index in [0.29, 0.717) is 43.3 Å². The van der Waals surface area contributed by atoms with Gasteiger partial charge in [-0.15, -0.1) is 0 Å². The molecule has 1 aliphatic rings. The van der Waals surface area contributed by atoms with Crippen molar-refractivity contribution in [3.05, 3.63) is 47.8 Å². The lowest BCUT2D eigenvalue weighted by molar-refractivity contribution is -0.121. The standard InChI is InChI=1S/C21H25N5O4S/c1-14-11-17-5-4-6-18(20(17)22-13-14)31(28,29)26-9-7-25(8-10-26)16(3)21(27)23-19-12-15(2)24-30-19/h4-6,11-13,16H,7-10H2,1-3H3,(H,23,27)/t16-/m0/s1. The number of para-hydroxylation sites is 1. The minimum absolute atomic E-state index is 0.213. The first kappa shape index (κ1) is 21.4. The molecule has 0 unspecified atom stereocenters. The first-order valence-corrected chi connectivity index (χ1v) is 11.5. The van der Waals surface area contributed by atoms with Crippen molar-refractivity contribution in [2.24, 2.45) is 0 Å². The molecule has 2 aromatic heterocycles. The van der Waals surface area contributed by atoms with Gasteiger partial charge in [-0.2, -0.15) is 4.31 Å². The van der Waals surface area contributed by atoms with Crippen LogP contribution in [-0.2, 0) is 14.8 Å². The molecular formula is C21H25N5O4S. The van der Waals surface area contributed by atoms with E-state index in [2.05, 4.69) is 15.5 Å². The SMILES string of the molecule is Cc1cnc2c(S(=O)(=O)N3CCN([C@@H](C)C(=O)Nc4cc(C)no4)CC3)cccc2c1. The number of pyridine rings is 1. The quantitative estimate of drug-likeness (QED) is 0.644. The zero-order valence-corrected chi connectivity index (χ0v) is 18.5. The molecule has 0 bridgehead atoms. The van der Waals surface area contributed by atoms with Gasteiger partial charge in [0.2, 0.25) is 21.8 Å². The Kier molecular flexibility index (Phi) is 5.78. The zero-order chi connectivity index (χ0) is 22.2. The molecule has 1 saturated heterocycles. The number of hydrogen-bond donors (Lipinski definition) is 1. The van der Waals surface area contributed by atoms with E-state index in [9.17, 15) is 13.2 Å². The van der Waals surface area contributed by atoms with Crippen LogP contribution in [0.25, 0.3) is 10.9 Å². The maximum absolute atomic E-state index is 13.3. The minimum atomic E-state index is -3.70. The van der Waals surface area contributed by atoms with E-state index in [1.165, 1.54) is 4.31 Å². The summed E-state index contributed by atoms with van der Waals surface area (Å²) in [4.78, 5) is 19.0. The second-order valence-electron chi connectivity index (χ2n) is 7.78. The molecule has 3 heterocycles. The topological polar surface area (TPSA) is 109 Å². The van der Waals surface area contributed by atoms with Gasteiger partial charge in [0.05, 0.1) is 17.3 Å². The van der Waals surface area contributed by atoms with Gasteiger partial charge >= 0.3 is 0 Å². The van der Waals surface area contributed by atoms with E-state index < -0.39 is 16.1 Å². The molecule has 1 aliphatic heterocycles. The molecule has 0 aliphatic carbocycles. The van der Waals surface area contributed by atoms with Crippen LogP contribution in [0.3, 0.4) is 0 Å². The van der Waals surface area contributed by atoms with Gasteiger partial charge in [0.1, 0.15) is 4.90 Å². The fraction of sp³-hybridized carbons (Fsp3) is 0.381. The van der Waals surface area contributed by atoms with Crippen LogP contribution < -0.4 is 5.32 Å². The van der Waals surface area contributed by atoms with Crippen molar-refractivity contribution in [1.82, 2.24) is 19.3 Å². The summed E-state index contributed by atoms with van der Waals surface area (Å²) in [6.45, 7) is 6.97. The summed E-state index contributed by atoms with van der Waals surface area (Å²) in [6, 6.07) is 8.34. The number of nitrogens with one attached hydrogen (secondary N) is 1. The zero-order valence-electron chi connectivity index (χ0n) is 17.7. The molecule has 1 fully saturated rings. The van der Waals surface area contributed by atoms with E-state index in [1.54, 1.807) is 38.2 Å². The van der Waals surface area contributed by atoms with Crippen LogP contribution in [0, 0.1) is 13.8 Å². The number of aromatic nitrogens is 2. The van der Waals surface area contributed by atoms with Crippen LogP contribution in [0.15, 0.2) is 45.9 Å².